The van der Waals surface area contributed by atoms with Crippen molar-refractivity contribution in [2.24, 2.45) is 5.10 Å². The molecule has 0 bridgehead atoms. The highest BCUT2D eigenvalue weighted by atomic mass is 32.1. The van der Waals surface area contributed by atoms with Crippen molar-refractivity contribution in [1.29, 1.82) is 0 Å². The Morgan fingerprint density at radius 1 is 1.39 bits per heavy atom. The molecule has 4 rings (SSSR count). The highest BCUT2D eigenvalue weighted by molar-refractivity contribution is 7.11. The lowest BCUT2D eigenvalue weighted by Gasteiger charge is -2.08. The minimum absolute atomic E-state index is 0.00487. The Bertz CT molecular complexity index is 1240. The van der Waals surface area contributed by atoms with Crippen LogP contribution < -0.4 is 15.9 Å². The van der Waals surface area contributed by atoms with Gasteiger partial charge in [0.25, 0.3) is 5.91 Å². The number of ether oxygens (including phenoxy) is 1. The number of carbonyl (C=O) groups is 1. The van der Waals surface area contributed by atoms with Crippen LogP contribution in [0.25, 0.3) is 17.1 Å². The summed E-state index contributed by atoms with van der Waals surface area (Å²) in [6, 6.07) is 9.12. The number of carbonyl (C=O) groups excluding carboxylic acids is 1. The zero-order chi connectivity index (χ0) is 21.8. The minimum Gasteiger partial charge on any atom is -0.494 e. The predicted octanol–water partition coefficient (Wildman–Crippen LogP) is 2.43. The molecule has 0 saturated heterocycles. The van der Waals surface area contributed by atoms with Gasteiger partial charge in [0.1, 0.15) is 11.4 Å². The summed E-state index contributed by atoms with van der Waals surface area (Å²) in [6.07, 6.45) is 1.58. The molecule has 0 atom stereocenters. The number of nitrogens with two attached hydrogens (primary N) is 1. The van der Waals surface area contributed by atoms with Crippen LogP contribution in [0.1, 0.15) is 27.9 Å². The summed E-state index contributed by atoms with van der Waals surface area (Å²) >= 11 is 1.52. The molecule has 0 aliphatic heterocycles. The number of aryl methyl sites for hydroxylation is 1. The lowest BCUT2D eigenvalue weighted by atomic mass is 10.1. The fourth-order valence-corrected chi connectivity index (χ4v) is 3.59. The number of benzene rings is 1. The van der Waals surface area contributed by atoms with E-state index in [0.29, 0.717) is 23.6 Å². The number of nitrogen functional groups attached to an aromatic ring is 1. The van der Waals surface area contributed by atoms with Crippen LogP contribution in [0, 0.1) is 6.92 Å². The molecule has 158 valence electrons. The number of rotatable bonds is 7. The van der Waals surface area contributed by atoms with Gasteiger partial charge in [-0.15, -0.1) is 16.4 Å². The van der Waals surface area contributed by atoms with E-state index >= 15 is 0 Å². The summed E-state index contributed by atoms with van der Waals surface area (Å²) in [5.74, 6) is 0.187. The molecule has 31 heavy (non-hydrogen) atoms. The number of nitrogens with one attached hydrogen (secondary N) is 1. The molecule has 12 heteroatoms. The molecule has 0 fully saturated rings. The molecule has 0 spiro atoms. The van der Waals surface area contributed by atoms with E-state index in [-0.39, 0.29) is 17.3 Å². The second kappa shape index (κ2) is 8.75. The first-order valence-electron chi connectivity index (χ1n) is 9.23. The van der Waals surface area contributed by atoms with Crippen LogP contribution in [0.2, 0.25) is 0 Å². The van der Waals surface area contributed by atoms with Crippen LogP contribution >= 0.6 is 11.3 Å². The predicted molar refractivity (Wildman–Crippen MR) is 114 cm³/mol. The maximum atomic E-state index is 12.9. The van der Waals surface area contributed by atoms with Crippen molar-refractivity contribution in [2.45, 2.75) is 13.8 Å². The fourth-order valence-electron chi connectivity index (χ4n) is 2.80. The molecule has 0 saturated carbocycles. The van der Waals surface area contributed by atoms with E-state index in [9.17, 15) is 4.79 Å². The molecular weight excluding hydrogens is 420 g/mol. The number of amides is 1. The number of hydrogen-bond donors (Lipinski definition) is 2. The van der Waals surface area contributed by atoms with Gasteiger partial charge in [-0.25, -0.2) is 10.1 Å². The topological polar surface area (TPSA) is 146 Å². The third-order valence-electron chi connectivity index (χ3n) is 4.25. The SMILES string of the molecule is CCOc1cccc(-c2c(C(=O)N/N=C/c3sccc3C)nnn2-c2nonc2N)c1. The van der Waals surface area contributed by atoms with E-state index in [0.717, 1.165) is 10.4 Å². The van der Waals surface area contributed by atoms with Gasteiger partial charge >= 0.3 is 0 Å². The van der Waals surface area contributed by atoms with Gasteiger partial charge in [-0.3, -0.25) is 4.79 Å². The average Bonchev–Trinajstić information content (AvgIpc) is 3.48. The van der Waals surface area contributed by atoms with Crippen LogP contribution in [0.15, 0.2) is 45.4 Å². The highest BCUT2D eigenvalue weighted by Crippen LogP contribution is 2.29. The summed E-state index contributed by atoms with van der Waals surface area (Å²) in [5, 5.41) is 21.4. The molecule has 3 heterocycles. The van der Waals surface area contributed by atoms with Crippen molar-refractivity contribution in [3.8, 4) is 22.8 Å². The van der Waals surface area contributed by atoms with Crippen molar-refractivity contribution < 1.29 is 14.2 Å². The summed E-state index contributed by atoms with van der Waals surface area (Å²) < 4.78 is 11.5. The van der Waals surface area contributed by atoms with Crippen LogP contribution in [-0.4, -0.2) is 44.0 Å². The average molecular weight is 438 g/mol. The summed E-state index contributed by atoms with van der Waals surface area (Å²) in [6.45, 7) is 4.34. The maximum Gasteiger partial charge on any atom is 0.294 e. The maximum absolute atomic E-state index is 12.9. The molecule has 0 aliphatic rings. The number of nitrogens with zero attached hydrogens (tertiary/aromatic N) is 6. The van der Waals surface area contributed by atoms with Gasteiger partial charge in [0.05, 0.1) is 12.8 Å². The molecule has 1 amide bonds. The zero-order valence-electron chi connectivity index (χ0n) is 16.6. The van der Waals surface area contributed by atoms with E-state index in [4.69, 9.17) is 10.5 Å². The minimum atomic E-state index is -0.552. The second-order valence-electron chi connectivity index (χ2n) is 6.30. The number of hydrazone groups is 1. The Morgan fingerprint density at radius 3 is 2.97 bits per heavy atom. The zero-order valence-corrected chi connectivity index (χ0v) is 17.5. The Balaban J connectivity index is 1.72. The van der Waals surface area contributed by atoms with Crippen LogP contribution in [-0.2, 0) is 0 Å². The lowest BCUT2D eigenvalue weighted by molar-refractivity contribution is 0.0950. The third-order valence-corrected chi connectivity index (χ3v) is 5.20. The van der Waals surface area contributed by atoms with Gasteiger partial charge in [0, 0.05) is 10.4 Å². The second-order valence-corrected chi connectivity index (χ2v) is 7.25. The molecule has 11 nitrogen and oxygen atoms in total. The number of anilines is 1. The van der Waals surface area contributed by atoms with Gasteiger partial charge in [0.2, 0.25) is 11.6 Å². The van der Waals surface area contributed by atoms with Gasteiger partial charge in [-0.05, 0) is 53.3 Å². The van der Waals surface area contributed by atoms with Crippen molar-refractivity contribution in [2.75, 3.05) is 12.3 Å². The van der Waals surface area contributed by atoms with Crippen LogP contribution in [0.4, 0.5) is 5.82 Å². The van der Waals surface area contributed by atoms with E-state index < -0.39 is 5.91 Å². The fraction of sp³-hybridized carbons (Fsp3) is 0.158. The molecule has 1 aromatic carbocycles. The van der Waals surface area contributed by atoms with E-state index in [1.54, 1.807) is 30.5 Å². The quantitative estimate of drug-likeness (QED) is 0.330. The van der Waals surface area contributed by atoms with Gasteiger partial charge in [0.15, 0.2) is 5.69 Å². The Morgan fingerprint density at radius 2 is 2.26 bits per heavy atom. The summed E-state index contributed by atoms with van der Waals surface area (Å²) in [7, 11) is 0. The number of thiophene rings is 1. The largest absolute Gasteiger partial charge is 0.494 e. The molecule has 4 aromatic rings. The summed E-state index contributed by atoms with van der Waals surface area (Å²) in [4.78, 5) is 13.8. The van der Waals surface area contributed by atoms with E-state index in [1.165, 1.54) is 16.0 Å². The van der Waals surface area contributed by atoms with Gasteiger partial charge in [-0.2, -0.15) is 9.78 Å². The first-order valence-corrected chi connectivity index (χ1v) is 10.1. The first-order chi connectivity index (χ1) is 15.1. The molecule has 0 unspecified atom stereocenters. The van der Waals surface area contributed by atoms with Gasteiger partial charge < -0.3 is 10.5 Å². The molecular formula is C19H18N8O3S. The third kappa shape index (κ3) is 4.14. The Kier molecular flexibility index (Phi) is 5.71. The Labute approximate surface area is 180 Å². The normalized spacial score (nSPS) is 11.2. The van der Waals surface area contributed by atoms with Crippen LogP contribution in [0.3, 0.4) is 0 Å². The molecule has 0 aliphatic carbocycles. The van der Waals surface area contributed by atoms with E-state index in [2.05, 4.69) is 35.8 Å². The molecule has 3 aromatic heterocycles. The monoisotopic (exact) mass is 438 g/mol. The van der Waals surface area contributed by atoms with Crippen molar-refractivity contribution in [1.82, 2.24) is 30.7 Å². The summed E-state index contributed by atoms with van der Waals surface area (Å²) in [5.41, 5.74) is 10.4. The lowest BCUT2D eigenvalue weighted by Crippen LogP contribution is -2.19. The smallest absolute Gasteiger partial charge is 0.294 e. The number of aromatic nitrogens is 5. The Hall–Kier alpha value is -4.06. The van der Waals surface area contributed by atoms with Crippen molar-refractivity contribution in [3.05, 3.63) is 51.8 Å². The van der Waals surface area contributed by atoms with Crippen molar-refractivity contribution in [3.63, 3.8) is 0 Å². The van der Waals surface area contributed by atoms with Gasteiger partial charge in [-0.1, -0.05) is 17.3 Å². The van der Waals surface area contributed by atoms with Crippen molar-refractivity contribution >= 4 is 29.3 Å². The molecule has 3 N–H and O–H groups in total. The number of hydrogen-bond acceptors (Lipinski definition) is 10. The van der Waals surface area contributed by atoms with Crippen LogP contribution in [0.5, 0.6) is 5.75 Å². The molecule has 0 radical (unpaired) electrons. The highest BCUT2D eigenvalue weighted by Gasteiger charge is 2.25. The first kappa shape index (κ1) is 20.2. The standard InChI is InChI=1S/C19H18N8O3S/c1-3-29-13-6-4-5-12(9-13)16-15(22-26-27(16)18-17(20)24-30-25-18)19(28)23-21-10-14-11(2)7-8-31-14/h4-10H,3H2,1-2H3,(H2,20,24)(H,23,28)/b21-10+. The van der Waals surface area contributed by atoms with E-state index in [1.807, 2.05) is 25.3 Å².